The van der Waals surface area contributed by atoms with Crippen LogP contribution in [0.2, 0.25) is 0 Å². The number of rotatable bonds is 8. The summed E-state index contributed by atoms with van der Waals surface area (Å²) in [6.45, 7) is 3.17. The Morgan fingerprint density at radius 1 is 1.13 bits per heavy atom. The Morgan fingerprint density at radius 2 is 1.77 bits per heavy atom. The maximum absolute atomic E-state index is 12.6. The Kier molecular flexibility index (Phi) is 11.1. The van der Waals surface area contributed by atoms with Crippen LogP contribution in [-0.2, 0) is 14.8 Å². The van der Waals surface area contributed by atoms with Crippen LogP contribution in [0.4, 0.5) is 13.2 Å². The second-order valence-corrected chi connectivity index (χ2v) is 9.23. The molecule has 0 aromatic heterocycles. The van der Waals surface area contributed by atoms with Crippen molar-refractivity contribution in [3.63, 3.8) is 0 Å². The highest BCUT2D eigenvalue weighted by molar-refractivity contribution is 14.0. The van der Waals surface area contributed by atoms with Crippen LogP contribution in [0.5, 0.6) is 0 Å². The van der Waals surface area contributed by atoms with Crippen LogP contribution in [0.15, 0.2) is 4.99 Å². The Morgan fingerprint density at radius 3 is 2.27 bits per heavy atom. The van der Waals surface area contributed by atoms with Crippen molar-refractivity contribution in [1.29, 1.82) is 0 Å². The Balaban J connectivity index is 0.00000450. The number of amides is 1. The van der Waals surface area contributed by atoms with E-state index in [-0.39, 0.29) is 67.8 Å². The van der Waals surface area contributed by atoms with E-state index in [0.29, 0.717) is 36.3 Å². The maximum Gasteiger partial charge on any atom is 0.511 e. The van der Waals surface area contributed by atoms with Crippen LogP contribution in [0.25, 0.3) is 0 Å². The van der Waals surface area contributed by atoms with E-state index in [4.69, 9.17) is 0 Å². The first-order valence-corrected chi connectivity index (χ1v) is 11.5. The Bertz CT molecular complexity index is 679. The summed E-state index contributed by atoms with van der Waals surface area (Å²) in [6.07, 6.45) is 4.23. The lowest BCUT2D eigenvalue weighted by Gasteiger charge is -2.32. The van der Waals surface area contributed by atoms with Crippen molar-refractivity contribution in [2.45, 2.75) is 57.0 Å². The first kappa shape index (κ1) is 27.2. The van der Waals surface area contributed by atoms with Gasteiger partial charge in [-0.25, -0.2) is 8.42 Å². The van der Waals surface area contributed by atoms with Crippen LogP contribution in [-0.4, -0.2) is 68.9 Å². The Hall–Kier alpha value is -0.830. The lowest BCUT2D eigenvalue weighted by molar-refractivity contribution is -0.127. The normalized spacial score (nSPS) is 19.5. The summed E-state index contributed by atoms with van der Waals surface area (Å²) in [6, 6.07) is -0.161. The second-order valence-electron chi connectivity index (χ2n) is 7.30. The minimum atomic E-state index is -5.27. The number of guanidine groups is 1. The molecular weight excluding hydrogens is 538 g/mol. The average Bonchev–Trinajstić information content (AvgIpc) is 2.59. The first-order valence-electron chi connectivity index (χ1n) is 10.0. The molecular formula is C17H31F3IN5O3S. The summed E-state index contributed by atoms with van der Waals surface area (Å²) in [5, 5.41) is 9.12. The molecule has 1 aliphatic carbocycles. The molecule has 1 aliphatic heterocycles. The molecule has 1 saturated heterocycles. The van der Waals surface area contributed by atoms with Crippen LogP contribution < -0.4 is 16.0 Å². The van der Waals surface area contributed by atoms with E-state index >= 15 is 0 Å². The SMILES string of the molecule is CCNC(=NCCCNC(=O)C1CCC1)NC1CCN(S(=O)(=O)C(F)(F)F)CC1.I. The van der Waals surface area contributed by atoms with E-state index in [1.165, 1.54) is 0 Å². The van der Waals surface area contributed by atoms with Crippen molar-refractivity contribution >= 4 is 45.9 Å². The number of nitrogens with zero attached hydrogens (tertiary/aromatic N) is 2. The van der Waals surface area contributed by atoms with Gasteiger partial charge < -0.3 is 16.0 Å². The van der Waals surface area contributed by atoms with E-state index in [1.54, 1.807) is 0 Å². The van der Waals surface area contributed by atoms with Crippen LogP contribution in [0, 0.1) is 5.92 Å². The van der Waals surface area contributed by atoms with Crippen molar-refractivity contribution < 1.29 is 26.4 Å². The van der Waals surface area contributed by atoms with Gasteiger partial charge in [-0.3, -0.25) is 9.79 Å². The minimum absolute atomic E-state index is 0. The van der Waals surface area contributed by atoms with Gasteiger partial charge in [0.1, 0.15) is 0 Å². The molecule has 176 valence electrons. The second kappa shape index (κ2) is 12.3. The molecule has 0 unspecified atom stereocenters. The number of hydrogen-bond acceptors (Lipinski definition) is 4. The number of carbonyl (C=O) groups is 1. The predicted molar refractivity (Wildman–Crippen MR) is 119 cm³/mol. The number of hydrogen-bond donors (Lipinski definition) is 3. The van der Waals surface area contributed by atoms with Gasteiger partial charge in [-0.2, -0.15) is 17.5 Å². The standard InChI is InChI=1S/C17H30F3N5O3S.HI/c1-2-21-16(23-10-4-9-22-15(26)13-5-3-6-13)24-14-7-11-25(12-8-14)29(27,28)17(18,19)20;/h13-14H,2-12H2,1H3,(H,22,26)(H2,21,23,24);1H. The fourth-order valence-corrected chi connectivity index (χ4v) is 4.18. The smallest absolute Gasteiger partial charge is 0.357 e. The van der Waals surface area contributed by atoms with E-state index in [9.17, 15) is 26.4 Å². The number of nitrogens with one attached hydrogen (secondary N) is 3. The zero-order valence-electron chi connectivity index (χ0n) is 17.0. The molecule has 1 heterocycles. The molecule has 13 heteroatoms. The molecule has 0 spiro atoms. The van der Waals surface area contributed by atoms with Gasteiger partial charge in [0.2, 0.25) is 5.91 Å². The molecule has 8 nitrogen and oxygen atoms in total. The third kappa shape index (κ3) is 7.70. The van der Waals surface area contributed by atoms with Crippen LogP contribution >= 0.6 is 24.0 Å². The van der Waals surface area contributed by atoms with Crippen LogP contribution in [0.3, 0.4) is 0 Å². The molecule has 2 fully saturated rings. The largest absolute Gasteiger partial charge is 0.511 e. The molecule has 2 aliphatic rings. The third-order valence-corrected chi connectivity index (χ3v) is 6.78. The zero-order chi connectivity index (χ0) is 21.5. The average molecular weight is 569 g/mol. The third-order valence-electron chi connectivity index (χ3n) is 5.15. The minimum Gasteiger partial charge on any atom is -0.357 e. The molecule has 0 aromatic rings. The molecule has 0 bridgehead atoms. The van der Waals surface area contributed by atoms with Gasteiger partial charge >= 0.3 is 15.5 Å². The molecule has 1 amide bonds. The number of alkyl halides is 3. The number of halogens is 4. The van der Waals surface area contributed by atoms with Crippen molar-refractivity contribution in [2.75, 3.05) is 32.7 Å². The monoisotopic (exact) mass is 569 g/mol. The summed E-state index contributed by atoms with van der Waals surface area (Å²) in [5.41, 5.74) is -5.27. The summed E-state index contributed by atoms with van der Waals surface area (Å²) < 4.78 is 61.4. The lowest BCUT2D eigenvalue weighted by Crippen LogP contribution is -2.51. The summed E-state index contributed by atoms with van der Waals surface area (Å²) in [5.74, 6) is 0.797. The van der Waals surface area contributed by atoms with Gasteiger partial charge in [-0.15, -0.1) is 24.0 Å². The van der Waals surface area contributed by atoms with E-state index in [2.05, 4.69) is 20.9 Å². The molecule has 0 radical (unpaired) electrons. The highest BCUT2D eigenvalue weighted by atomic mass is 127. The molecule has 2 rings (SSSR count). The summed E-state index contributed by atoms with van der Waals surface area (Å²) in [4.78, 5) is 16.2. The van der Waals surface area contributed by atoms with E-state index < -0.39 is 15.5 Å². The van der Waals surface area contributed by atoms with E-state index in [1.807, 2.05) is 6.92 Å². The number of aliphatic imine (C=N–C) groups is 1. The maximum atomic E-state index is 12.6. The van der Waals surface area contributed by atoms with Crippen molar-refractivity contribution in [3.05, 3.63) is 0 Å². The molecule has 30 heavy (non-hydrogen) atoms. The van der Waals surface area contributed by atoms with Crippen LogP contribution in [0.1, 0.15) is 45.4 Å². The van der Waals surface area contributed by atoms with Gasteiger partial charge in [0.15, 0.2) is 5.96 Å². The van der Waals surface area contributed by atoms with Gasteiger partial charge in [-0.05, 0) is 39.0 Å². The predicted octanol–water partition coefficient (Wildman–Crippen LogP) is 1.78. The van der Waals surface area contributed by atoms with Gasteiger partial charge in [0, 0.05) is 44.7 Å². The summed E-state index contributed by atoms with van der Waals surface area (Å²) in [7, 11) is -5.27. The Labute approximate surface area is 192 Å². The van der Waals surface area contributed by atoms with Gasteiger partial charge in [0.25, 0.3) is 0 Å². The number of carbonyl (C=O) groups excluding carboxylic acids is 1. The zero-order valence-corrected chi connectivity index (χ0v) is 20.1. The highest BCUT2D eigenvalue weighted by Gasteiger charge is 2.50. The quantitative estimate of drug-likeness (QED) is 0.179. The molecule has 0 aromatic carbocycles. The topological polar surface area (TPSA) is 103 Å². The molecule has 1 saturated carbocycles. The van der Waals surface area contributed by atoms with Crippen molar-refractivity contribution in [3.8, 4) is 0 Å². The summed E-state index contributed by atoms with van der Waals surface area (Å²) >= 11 is 0. The fourth-order valence-electron chi connectivity index (χ4n) is 3.20. The first-order chi connectivity index (χ1) is 13.6. The van der Waals surface area contributed by atoms with Crippen molar-refractivity contribution in [2.24, 2.45) is 10.9 Å². The number of sulfonamides is 1. The lowest BCUT2D eigenvalue weighted by atomic mass is 9.85. The number of piperidine rings is 1. The fraction of sp³-hybridized carbons (Fsp3) is 0.882. The van der Waals surface area contributed by atoms with Gasteiger partial charge in [-0.1, -0.05) is 6.42 Å². The van der Waals surface area contributed by atoms with E-state index in [0.717, 1.165) is 19.3 Å². The molecule has 3 N–H and O–H groups in total. The van der Waals surface area contributed by atoms with Gasteiger partial charge in [0.05, 0.1) is 0 Å². The highest BCUT2D eigenvalue weighted by Crippen LogP contribution is 2.29. The van der Waals surface area contributed by atoms with Crippen molar-refractivity contribution in [1.82, 2.24) is 20.3 Å². The molecule has 0 atom stereocenters.